The zero-order valence-electron chi connectivity index (χ0n) is 10.6. The van der Waals surface area contributed by atoms with Crippen LogP contribution in [-0.4, -0.2) is 14.2 Å². The number of benzene rings is 1. The van der Waals surface area contributed by atoms with Gasteiger partial charge in [-0.15, -0.1) is 0 Å². The maximum atomic E-state index is 5.75. The fourth-order valence-corrected chi connectivity index (χ4v) is 2.07. The molecule has 3 nitrogen and oxygen atoms in total. The second kappa shape index (κ2) is 5.13. The first-order valence-electron chi connectivity index (χ1n) is 5.89. The van der Waals surface area contributed by atoms with Gasteiger partial charge in [0.2, 0.25) is 0 Å². The summed E-state index contributed by atoms with van der Waals surface area (Å²) in [6.07, 6.45) is 2.97. The van der Waals surface area contributed by atoms with E-state index in [0.717, 1.165) is 36.3 Å². The molecule has 0 fully saturated rings. The van der Waals surface area contributed by atoms with Crippen LogP contribution in [0.2, 0.25) is 0 Å². The topological polar surface area (TPSA) is 27.7 Å². The molecule has 1 heterocycles. The number of hydrogen-bond donors (Lipinski definition) is 0. The Morgan fingerprint density at radius 3 is 2.71 bits per heavy atom. The first kappa shape index (κ1) is 11.8. The summed E-state index contributed by atoms with van der Waals surface area (Å²) in [4.78, 5) is 0. The van der Waals surface area contributed by atoms with E-state index < -0.39 is 0 Å². The van der Waals surface area contributed by atoms with Crippen molar-refractivity contribution in [2.75, 3.05) is 14.2 Å². The van der Waals surface area contributed by atoms with Crippen molar-refractivity contribution in [2.24, 2.45) is 0 Å². The van der Waals surface area contributed by atoms with E-state index in [-0.39, 0.29) is 0 Å². The summed E-state index contributed by atoms with van der Waals surface area (Å²) < 4.78 is 16.3. The molecule has 0 bridgehead atoms. The third-order valence-electron chi connectivity index (χ3n) is 2.90. The molecule has 2 rings (SSSR count). The molecule has 1 aliphatic rings. The van der Waals surface area contributed by atoms with E-state index in [2.05, 4.69) is 6.92 Å². The lowest BCUT2D eigenvalue weighted by atomic mass is 9.99. The Balaban J connectivity index is 2.30. The van der Waals surface area contributed by atoms with Crippen molar-refractivity contribution in [1.82, 2.24) is 0 Å². The fourth-order valence-electron chi connectivity index (χ4n) is 2.07. The molecule has 0 aromatic heterocycles. The summed E-state index contributed by atoms with van der Waals surface area (Å²) in [5, 5.41) is 0. The van der Waals surface area contributed by atoms with Gasteiger partial charge in [-0.1, -0.05) is 13.3 Å². The minimum atomic E-state index is 0.657. The van der Waals surface area contributed by atoms with Crippen molar-refractivity contribution < 1.29 is 14.2 Å². The van der Waals surface area contributed by atoms with Crippen LogP contribution in [0.5, 0.6) is 11.5 Å². The van der Waals surface area contributed by atoms with Gasteiger partial charge < -0.3 is 14.2 Å². The summed E-state index contributed by atoms with van der Waals surface area (Å²) in [5.41, 5.74) is 2.38. The van der Waals surface area contributed by atoms with Gasteiger partial charge in [-0.3, -0.25) is 0 Å². The molecule has 0 saturated carbocycles. The van der Waals surface area contributed by atoms with Gasteiger partial charge in [0.1, 0.15) is 11.5 Å². The van der Waals surface area contributed by atoms with Crippen LogP contribution in [-0.2, 0) is 11.2 Å². The number of fused-ring (bicyclic) bond motifs is 1. The first-order chi connectivity index (χ1) is 8.28. The van der Waals surface area contributed by atoms with Gasteiger partial charge in [0.05, 0.1) is 14.2 Å². The van der Waals surface area contributed by atoms with Gasteiger partial charge >= 0.3 is 0 Å². The third kappa shape index (κ3) is 2.38. The highest BCUT2D eigenvalue weighted by Crippen LogP contribution is 2.34. The quantitative estimate of drug-likeness (QED) is 0.800. The minimum absolute atomic E-state index is 0.657. The summed E-state index contributed by atoms with van der Waals surface area (Å²) >= 11 is 0. The lowest BCUT2D eigenvalue weighted by molar-refractivity contribution is 0.138. The number of hydrogen-bond acceptors (Lipinski definition) is 3. The minimum Gasteiger partial charge on any atom is -0.497 e. The number of ether oxygens (including phenoxy) is 3. The number of methoxy groups -OCH3 is 2. The molecule has 17 heavy (non-hydrogen) atoms. The summed E-state index contributed by atoms with van der Waals surface area (Å²) in [5.74, 6) is 2.39. The normalized spacial score (nSPS) is 14.1. The van der Waals surface area contributed by atoms with Crippen molar-refractivity contribution >= 4 is 0 Å². The first-order valence-corrected chi connectivity index (χ1v) is 5.89. The molecule has 0 spiro atoms. The molecule has 0 unspecified atom stereocenters. The zero-order valence-corrected chi connectivity index (χ0v) is 10.6. The van der Waals surface area contributed by atoms with Crippen molar-refractivity contribution in [3.63, 3.8) is 0 Å². The summed E-state index contributed by atoms with van der Waals surface area (Å²) in [7, 11) is 3.33. The van der Waals surface area contributed by atoms with E-state index in [1.54, 1.807) is 14.2 Å². The second-order valence-corrected chi connectivity index (χ2v) is 4.10. The molecule has 0 aliphatic carbocycles. The molecule has 92 valence electrons. The molecule has 1 aromatic rings. The van der Waals surface area contributed by atoms with Crippen LogP contribution < -0.4 is 9.47 Å². The Bertz CT molecular complexity index is 435. The average Bonchev–Trinajstić information content (AvgIpc) is 2.37. The van der Waals surface area contributed by atoms with Gasteiger partial charge in [0, 0.05) is 17.6 Å². The van der Waals surface area contributed by atoms with Crippen molar-refractivity contribution in [1.29, 1.82) is 0 Å². The molecule has 0 atom stereocenters. The standard InChI is InChI=1S/C14H18O3/c1-4-5-10-8-11-9-12(15-2)6-7-13(11)17-14(10)16-3/h6-7,9H,4-5,8H2,1-3H3. The van der Waals surface area contributed by atoms with Gasteiger partial charge in [0.15, 0.2) is 0 Å². The monoisotopic (exact) mass is 234 g/mol. The molecular formula is C14H18O3. The fraction of sp³-hybridized carbons (Fsp3) is 0.429. The molecule has 0 saturated heterocycles. The largest absolute Gasteiger partial charge is 0.497 e. The van der Waals surface area contributed by atoms with E-state index in [1.165, 1.54) is 5.57 Å². The Kier molecular flexibility index (Phi) is 3.57. The van der Waals surface area contributed by atoms with E-state index >= 15 is 0 Å². The Morgan fingerprint density at radius 1 is 1.24 bits per heavy atom. The molecular weight excluding hydrogens is 216 g/mol. The average molecular weight is 234 g/mol. The predicted octanol–water partition coefficient (Wildman–Crippen LogP) is 3.29. The Morgan fingerprint density at radius 2 is 2.06 bits per heavy atom. The Hall–Kier alpha value is -1.64. The molecule has 0 N–H and O–H groups in total. The van der Waals surface area contributed by atoms with Crippen LogP contribution in [0.1, 0.15) is 25.3 Å². The summed E-state index contributed by atoms with van der Waals surface area (Å²) in [6, 6.07) is 5.85. The van der Waals surface area contributed by atoms with Crippen molar-refractivity contribution in [3.05, 3.63) is 35.3 Å². The highest BCUT2D eigenvalue weighted by molar-refractivity contribution is 5.45. The number of rotatable bonds is 4. The molecule has 0 radical (unpaired) electrons. The van der Waals surface area contributed by atoms with E-state index in [1.807, 2.05) is 18.2 Å². The molecule has 0 amide bonds. The van der Waals surface area contributed by atoms with Crippen LogP contribution in [0, 0.1) is 0 Å². The van der Waals surface area contributed by atoms with E-state index in [9.17, 15) is 0 Å². The highest BCUT2D eigenvalue weighted by Gasteiger charge is 2.20. The molecule has 3 heteroatoms. The van der Waals surface area contributed by atoms with Crippen molar-refractivity contribution in [2.45, 2.75) is 26.2 Å². The van der Waals surface area contributed by atoms with Gasteiger partial charge in [-0.05, 0) is 24.6 Å². The maximum Gasteiger partial charge on any atom is 0.283 e. The van der Waals surface area contributed by atoms with Crippen LogP contribution >= 0.6 is 0 Å². The highest BCUT2D eigenvalue weighted by atomic mass is 16.7. The van der Waals surface area contributed by atoms with E-state index in [4.69, 9.17) is 14.2 Å². The second-order valence-electron chi connectivity index (χ2n) is 4.10. The molecule has 1 aromatic carbocycles. The lowest BCUT2D eigenvalue weighted by Gasteiger charge is -2.22. The van der Waals surface area contributed by atoms with Crippen molar-refractivity contribution in [3.8, 4) is 11.5 Å². The van der Waals surface area contributed by atoms with Gasteiger partial charge in [-0.25, -0.2) is 0 Å². The van der Waals surface area contributed by atoms with Gasteiger partial charge in [0.25, 0.3) is 5.95 Å². The van der Waals surface area contributed by atoms with Crippen LogP contribution in [0.4, 0.5) is 0 Å². The van der Waals surface area contributed by atoms with Crippen LogP contribution in [0.25, 0.3) is 0 Å². The van der Waals surface area contributed by atoms with Gasteiger partial charge in [-0.2, -0.15) is 0 Å². The smallest absolute Gasteiger partial charge is 0.283 e. The predicted molar refractivity (Wildman–Crippen MR) is 66.3 cm³/mol. The van der Waals surface area contributed by atoms with Crippen LogP contribution in [0.15, 0.2) is 29.7 Å². The maximum absolute atomic E-state index is 5.75. The zero-order chi connectivity index (χ0) is 12.3. The SMILES string of the molecule is CCCC1=C(OC)Oc2ccc(OC)cc2C1. The summed E-state index contributed by atoms with van der Waals surface area (Å²) in [6.45, 7) is 2.15. The third-order valence-corrected chi connectivity index (χ3v) is 2.90. The lowest BCUT2D eigenvalue weighted by Crippen LogP contribution is -2.12. The van der Waals surface area contributed by atoms with E-state index in [0.29, 0.717) is 5.95 Å². The Labute approximate surface area is 102 Å². The van der Waals surface area contributed by atoms with Crippen LogP contribution in [0.3, 0.4) is 0 Å². The number of allylic oxidation sites excluding steroid dienone is 1. The molecule has 1 aliphatic heterocycles.